The molecule has 2 aromatic rings. The van der Waals surface area contributed by atoms with Gasteiger partial charge < -0.3 is 5.32 Å². The lowest BCUT2D eigenvalue weighted by atomic mass is 10.3. The number of halogens is 3. The van der Waals surface area contributed by atoms with Crippen LogP contribution in [0.25, 0.3) is 0 Å². The van der Waals surface area contributed by atoms with Gasteiger partial charge in [0.25, 0.3) is 5.91 Å². The Labute approximate surface area is 121 Å². The van der Waals surface area contributed by atoms with Gasteiger partial charge in [-0.2, -0.15) is 19.0 Å². The predicted octanol–water partition coefficient (Wildman–Crippen LogP) is 2.06. The summed E-state index contributed by atoms with van der Waals surface area (Å²) in [7, 11) is 0. The first kappa shape index (κ1) is 14.6. The van der Waals surface area contributed by atoms with E-state index in [1.807, 2.05) is 6.20 Å². The van der Waals surface area contributed by atoms with E-state index >= 15 is 0 Å². The zero-order chi connectivity index (χ0) is 14.5. The van der Waals surface area contributed by atoms with Crippen molar-refractivity contribution in [3.8, 4) is 0 Å². The molecule has 9 heteroatoms. The summed E-state index contributed by atoms with van der Waals surface area (Å²) < 4.78 is 27.7. The topological polar surface area (TPSA) is 64.7 Å². The summed E-state index contributed by atoms with van der Waals surface area (Å²) >= 11 is 3.28. The number of carbonyl (C=O) groups excluding carboxylic acids is 1. The Balaban J connectivity index is 1.74. The summed E-state index contributed by atoms with van der Waals surface area (Å²) in [5, 5.41) is 10.2. The fourth-order valence-electron chi connectivity index (χ4n) is 1.56. The van der Waals surface area contributed by atoms with Gasteiger partial charge in [0.1, 0.15) is 5.69 Å². The number of hydrogen-bond acceptors (Lipinski definition) is 3. The fraction of sp³-hybridized carbons (Fsp3) is 0.364. The Morgan fingerprint density at radius 3 is 2.90 bits per heavy atom. The molecule has 108 valence electrons. The molecule has 0 aromatic carbocycles. The molecule has 0 saturated carbocycles. The minimum absolute atomic E-state index is 0.0212. The summed E-state index contributed by atoms with van der Waals surface area (Å²) in [4.78, 5) is 11.6. The highest BCUT2D eigenvalue weighted by molar-refractivity contribution is 9.10. The third kappa shape index (κ3) is 3.86. The minimum Gasteiger partial charge on any atom is -0.351 e. The van der Waals surface area contributed by atoms with E-state index < -0.39 is 12.5 Å². The van der Waals surface area contributed by atoms with E-state index in [0.29, 0.717) is 24.2 Å². The van der Waals surface area contributed by atoms with Gasteiger partial charge in [-0.1, -0.05) is 0 Å². The smallest absolute Gasteiger partial charge is 0.333 e. The third-order valence-electron chi connectivity index (χ3n) is 2.49. The summed E-state index contributed by atoms with van der Waals surface area (Å²) in [5.41, 5.74) is -0.0212. The maximum absolute atomic E-state index is 12.3. The van der Waals surface area contributed by atoms with Crippen molar-refractivity contribution in [2.24, 2.45) is 0 Å². The van der Waals surface area contributed by atoms with Crippen LogP contribution in [-0.4, -0.2) is 32.0 Å². The van der Waals surface area contributed by atoms with E-state index in [-0.39, 0.29) is 5.69 Å². The lowest BCUT2D eigenvalue weighted by Crippen LogP contribution is -2.26. The predicted molar refractivity (Wildman–Crippen MR) is 70.4 cm³/mol. The largest absolute Gasteiger partial charge is 0.351 e. The number of hydrogen-bond donors (Lipinski definition) is 1. The molecule has 0 aliphatic carbocycles. The zero-order valence-electron chi connectivity index (χ0n) is 10.3. The van der Waals surface area contributed by atoms with Crippen molar-refractivity contribution < 1.29 is 13.6 Å². The van der Waals surface area contributed by atoms with Crippen molar-refractivity contribution in [2.45, 2.75) is 19.5 Å². The molecule has 0 aliphatic heterocycles. The SMILES string of the molecule is O=C(NCCCn1cc(Br)cn1)c1ccn(C(F)F)n1. The molecule has 2 heterocycles. The Bertz CT molecular complexity index is 583. The van der Waals surface area contributed by atoms with Crippen LogP contribution in [0.3, 0.4) is 0 Å². The van der Waals surface area contributed by atoms with Crippen molar-refractivity contribution >= 4 is 21.8 Å². The van der Waals surface area contributed by atoms with Crippen LogP contribution < -0.4 is 5.32 Å². The van der Waals surface area contributed by atoms with E-state index in [0.717, 1.165) is 10.7 Å². The Kier molecular flexibility index (Phi) is 4.83. The van der Waals surface area contributed by atoms with E-state index in [2.05, 4.69) is 31.4 Å². The second kappa shape index (κ2) is 6.60. The van der Waals surface area contributed by atoms with E-state index in [1.165, 1.54) is 6.07 Å². The highest BCUT2D eigenvalue weighted by Crippen LogP contribution is 2.08. The van der Waals surface area contributed by atoms with Gasteiger partial charge in [-0.25, -0.2) is 4.68 Å². The molecule has 0 radical (unpaired) electrons. The number of nitrogens with one attached hydrogen (secondary N) is 1. The van der Waals surface area contributed by atoms with Crippen molar-refractivity contribution in [1.29, 1.82) is 0 Å². The quantitative estimate of drug-likeness (QED) is 0.813. The molecule has 0 spiro atoms. The standard InChI is InChI=1S/C11H12BrF2N5O/c12-8-6-16-18(7-8)4-1-3-15-10(20)9-2-5-19(17-9)11(13)14/h2,5-7,11H,1,3-4H2,(H,15,20). The number of carbonyl (C=O) groups is 1. The summed E-state index contributed by atoms with van der Waals surface area (Å²) in [5.74, 6) is -0.467. The third-order valence-corrected chi connectivity index (χ3v) is 2.90. The fourth-order valence-corrected chi connectivity index (χ4v) is 1.89. The molecular weight excluding hydrogens is 336 g/mol. The molecule has 2 aromatic heterocycles. The lowest BCUT2D eigenvalue weighted by Gasteiger charge is -2.03. The minimum atomic E-state index is -2.74. The van der Waals surface area contributed by atoms with Crippen LogP contribution in [-0.2, 0) is 6.54 Å². The van der Waals surface area contributed by atoms with Crippen LogP contribution in [0, 0.1) is 0 Å². The van der Waals surface area contributed by atoms with Crippen molar-refractivity contribution in [2.75, 3.05) is 6.54 Å². The molecule has 0 bridgehead atoms. The number of rotatable bonds is 6. The molecule has 1 amide bonds. The van der Waals surface area contributed by atoms with Gasteiger partial charge in [0, 0.05) is 25.5 Å². The van der Waals surface area contributed by atoms with Gasteiger partial charge in [-0.3, -0.25) is 9.48 Å². The molecule has 0 atom stereocenters. The molecule has 20 heavy (non-hydrogen) atoms. The second-order valence-corrected chi connectivity index (χ2v) is 4.91. The molecule has 1 N–H and O–H groups in total. The monoisotopic (exact) mass is 347 g/mol. The molecule has 2 rings (SSSR count). The van der Waals surface area contributed by atoms with E-state index in [1.54, 1.807) is 10.9 Å². The second-order valence-electron chi connectivity index (χ2n) is 3.99. The Hall–Kier alpha value is -1.77. The van der Waals surface area contributed by atoms with Gasteiger partial charge in [0.15, 0.2) is 0 Å². The molecular formula is C11H12BrF2N5O. The normalized spacial score (nSPS) is 11.0. The first-order valence-electron chi connectivity index (χ1n) is 5.86. The van der Waals surface area contributed by atoms with Gasteiger partial charge in [-0.15, -0.1) is 0 Å². The highest BCUT2D eigenvalue weighted by atomic mass is 79.9. The van der Waals surface area contributed by atoms with Crippen LogP contribution in [0.5, 0.6) is 0 Å². The van der Waals surface area contributed by atoms with E-state index in [9.17, 15) is 13.6 Å². The number of aromatic nitrogens is 4. The Morgan fingerprint density at radius 1 is 1.50 bits per heavy atom. The molecule has 6 nitrogen and oxygen atoms in total. The number of aryl methyl sites for hydroxylation is 1. The summed E-state index contributed by atoms with van der Waals surface area (Å²) in [6.07, 6.45) is 5.25. The van der Waals surface area contributed by atoms with Crippen LogP contribution in [0.1, 0.15) is 23.5 Å². The van der Waals surface area contributed by atoms with Gasteiger partial charge in [-0.05, 0) is 28.4 Å². The number of alkyl halides is 2. The maximum atomic E-state index is 12.3. The van der Waals surface area contributed by atoms with E-state index in [4.69, 9.17) is 0 Å². The molecule has 0 aliphatic rings. The summed E-state index contributed by atoms with van der Waals surface area (Å²) in [6.45, 7) is -1.68. The number of nitrogens with zero attached hydrogens (tertiary/aromatic N) is 4. The molecule has 0 fully saturated rings. The van der Waals surface area contributed by atoms with Crippen LogP contribution in [0.2, 0.25) is 0 Å². The summed E-state index contributed by atoms with van der Waals surface area (Å²) in [6, 6.07) is 1.26. The lowest BCUT2D eigenvalue weighted by molar-refractivity contribution is 0.0560. The first-order valence-corrected chi connectivity index (χ1v) is 6.65. The van der Waals surface area contributed by atoms with Crippen LogP contribution in [0.15, 0.2) is 29.1 Å². The molecule has 0 unspecified atom stereocenters. The van der Waals surface area contributed by atoms with Crippen molar-refractivity contribution in [3.05, 3.63) is 34.8 Å². The number of amides is 1. The average molecular weight is 348 g/mol. The average Bonchev–Trinajstić information content (AvgIpc) is 3.03. The Morgan fingerprint density at radius 2 is 2.30 bits per heavy atom. The van der Waals surface area contributed by atoms with Gasteiger partial charge in [0.2, 0.25) is 0 Å². The van der Waals surface area contributed by atoms with Crippen LogP contribution >= 0.6 is 15.9 Å². The highest BCUT2D eigenvalue weighted by Gasteiger charge is 2.12. The van der Waals surface area contributed by atoms with Crippen molar-refractivity contribution in [1.82, 2.24) is 24.9 Å². The maximum Gasteiger partial charge on any atom is 0.333 e. The van der Waals surface area contributed by atoms with Crippen LogP contribution in [0.4, 0.5) is 8.78 Å². The van der Waals surface area contributed by atoms with Gasteiger partial charge in [0.05, 0.1) is 10.7 Å². The molecule has 0 saturated heterocycles. The van der Waals surface area contributed by atoms with Gasteiger partial charge >= 0.3 is 6.55 Å². The zero-order valence-corrected chi connectivity index (χ0v) is 11.9. The van der Waals surface area contributed by atoms with Crippen molar-refractivity contribution in [3.63, 3.8) is 0 Å². The first-order chi connectivity index (χ1) is 9.56.